The van der Waals surface area contributed by atoms with E-state index in [4.69, 9.17) is 21.1 Å². The summed E-state index contributed by atoms with van der Waals surface area (Å²) < 4.78 is 10.5. The Morgan fingerprint density at radius 3 is 2.83 bits per heavy atom. The lowest BCUT2D eigenvalue weighted by atomic mass is 9.92. The number of hydrogen-bond donors (Lipinski definition) is 0. The first kappa shape index (κ1) is 13.4. The average Bonchev–Trinajstić information content (AvgIpc) is 2.40. The van der Waals surface area contributed by atoms with Gasteiger partial charge in [0.1, 0.15) is 5.75 Å². The van der Waals surface area contributed by atoms with Crippen molar-refractivity contribution in [2.45, 2.75) is 19.3 Å². The van der Waals surface area contributed by atoms with Crippen LogP contribution in [0.2, 0.25) is 5.02 Å². The second-order valence-corrected chi connectivity index (χ2v) is 4.96. The van der Waals surface area contributed by atoms with E-state index in [0.717, 1.165) is 26.1 Å². The number of benzene rings is 1. The van der Waals surface area contributed by atoms with E-state index in [2.05, 4.69) is 0 Å². The van der Waals surface area contributed by atoms with Gasteiger partial charge in [-0.2, -0.15) is 0 Å². The molecule has 0 bridgehead atoms. The minimum absolute atomic E-state index is 0.0984. The minimum Gasteiger partial charge on any atom is -0.496 e. The first-order chi connectivity index (χ1) is 8.70. The van der Waals surface area contributed by atoms with Crippen molar-refractivity contribution in [2.24, 2.45) is 5.92 Å². The normalized spacial score (nSPS) is 16.6. The highest BCUT2D eigenvalue weighted by molar-refractivity contribution is 6.31. The van der Waals surface area contributed by atoms with E-state index in [0.29, 0.717) is 28.7 Å². The summed E-state index contributed by atoms with van der Waals surface area (Å²) in [4.78, 5) is 12.3. The lowest BCUT2D eigenvalue weighted by molar-refractivity contribution is 0.0600. The van der Waals surface area contributed by atoms with Crippen molar-refractivity contribution in [1.29, 1.82) is 0 Å². The molecule has 1 fully saturated rings. The van der Waals surface area contributed by atoms with Crippen LogP contribution in [0.1, 0.15) is 29.6 Å². The van der Waals surface area contributed by atoms with Gasteiger partial charge in [-0.3, -0.25) is 4.79 Å². The molecule has 0 atom stereocenters. The van der Waals surface area contributed by atoms with Crippen molar-refractivity contribution in [3.05, 3.63) is 28.8 Å². The van der Waals surface area contributed by atoms with Gasteiger partial charge < -0.3 is 9.47 Å². The van der Waals surface area contributed by atoms with Gasteiger partial charge in [0.05, 0.1) is 12.7 Å². The molecule has 1 aliphatic heterocycles. The van der Waals surface area contributed by atoms with Gasteiger partial charge in [-0.15, -0.1) is 0 Å². The quantitative estimate of drug-likeness (QED) is 0.786. The standard InChI is InChI=1S/C14H17ClO3/c1-17-14-3-2-11(15)9-12(14)13(16)8-10-4-6-18-7-5-10/h2-3,9-10H,4-8H2,1H3. The minimum atomic E-state index is 0.0984. The molecule has 98 valence electrons. The Morgan fingerprint density at radius 1 is 1.44 bits per heavy atom. The Labute approximate surface area is 112 Å². The Hall–Kier alpha value is -1.06. The van der Waals surface area contributed by atoms with E-state index in [1.165, 1.54) is 0 Å². The van der Waals surface area contributed by atoms with E-state index in [9.17, 15) is 4.79 Å². The molecule has 0 aromatic heterocycles. The number of Topliss-reactive ketones (excluding diaryl/α,β-unsaturated/α-hetero) is 1. The van der Waals surface area contributed by atoms with E-state index >= 15 is 0 Å². The lowest BCUT2D eigenvalue weighted by Crippen LogP contribution is -2.19. The third kappa shape index (κ3) is 3.24. The largest absolute Gasteiger partial charge is 0.496 e. The van der Waals surface area contributed by atoms with Crippen molar-refractivity contribution in [3.63, 3.8) is 0 Å². The second kappa shape index (κ2) is 6.21. The maximum absolute atomic E-state index is 12.3. The third-order valence-corrected chi connectivity index (χ3v) is 3.51. The maximum atomic E-state index is 12.3. The molecular formula is C14H17ClO3. The van der Waals surface area contributed by atoms with Gasteiger partial charge in [-0.1, -0.05) is 11.6 Å². The first-order valence-electron chi connectivity index (χ1n) is 6.15. The number of methoxy groups -OCH3 is 1. The fraction of sp³-hybridized carbons (Fsp3) is 0.500. The molecule has 0 spiro atoms. The maximum Gasteiger partial charge on any atom is 0.166 e. The average molecular weight is 269 g/mol. The molecule has 0 aliphatic carbocycles. The summed E-state index contributed by atoms with van der Waals surface area (Å²) in [6, 6.07) is 5.15. The van der Waals surface area contributed by atoms with Crippen molar-refractivity contribution in [3.8, 4) is 5.75 Å². The number of halogens is 1. The predicted octanol–water partition coefficient (Wildman–Crippen LogP) is 3.35. The number of hydrogen-bond acceptors (Lipinski definition) is 3. The van der Waals surface area contributed by atoms with E-state index < -0.39 is 0 Å². The Balaban J connectivity index is 2.09. The van der Waals surface area contributed by atoms with E-state index in [1.54, 1.807) is 25.3 Å². The molecule has 3 nitrogen and oxygen atoms in total. The molecule has 1 aliphatic rings. The molecule has 0 saturated carbocycles. The van der Waals surface area contributed by atoms with Gasteiger partial charge in [0.2, 0.25) is 0 Å². The zero-order valence-corrected chi connectivity index (χ0v) is 11.2. The van der Waals surface area contributed by atoms with Crippen LogP contribution < -0.4 is 4.74 Å². The van der Waals surface area contributed by atoms with Gasteiger partial charge >= 0.3 is 0 Å². The molecule has 4 heteroatoms. The first-order valence-corrected chi connectivity index (χ1v) is 6.53. The fourth-order valence-electron chi connectivity index (χ4n) is 2.22. The van der Waals surface area contributed by atoms with Crippen LogP contribution in [-0.2, 0) is 4.74 Å². The Kier molecular flexibility index (Phi) is 4.61. The SMILES string of the molecule is COc1ccc(Cl)cc1C(=O)CC1CCOCC1. The van der Waals surface area contributed by atoms with Crippen LogP contribution in [0.15, 0.2) is 18.2 Å². The number of carbonyl (C=O) groups is 1. The molecule has 1 aromatic rings. The lowest BCUT2D eigenvalue weighted by Gasteiger charge is -2.21. The highest BCUT2D eigenvalue weighted by Gasteiger charge is 2.20. The van der Waals surface area contributed by atoms with Gasteiger partial charge in [0.15, 0.2) is 5.78 Å². The van der Waals surface area contributed by atoms with Crippen molar-refractivity contribution >= 4 is 17.4 Å². The smallest absolute Gasteiger partial charge is 0.166 e. The van der Waals surface area contributed by atoms with Crippen molar-refractivity contribution in [2.75, 3.05) is 20.3 Å². The predicted molar refractivity (Wildman–Crippen MR) is 70.5 cm³/mol. The van der Waals surface area contributed by atoms with Gasteiger partial charge in [-0.25, -0.2) is 0 Å². The molecule has 0 unspecified atom stereocenters. The van der Waals surface area contributed by atoms with Crippen LogP contribution in [-0.4, -0.2) is 26.1 Å². The van der Waals surface area contributed by atoms with Crippen LogP contribution in [0, 0.1) is 5.92 Å². The van der Waals surface area contributed by atoms with Crippen LogP contribution in [0.4, 0.5) is 0 Å². The van der Waals surface area contributed by atoms with Crippen LogP contribution in [0.3, 0.4) is 0 Å². The summed E-state index contributed by atoms with van der Waals surface area (Å²) in [7, 11) is 1.56. The van der Waals surface area contributed by atoms with E-state index in [-0.39, 0.29) is 5.78 Å². The van der Waals surface area contributed by atoms with Gasteiger partial charge in [-0.05, 0) is 37.0 Å². The number of carbonyl (C=O) groups excluding carboxylic acids is 1. The number of ether oxygens (including phenoxy) is 2. The highest BCUT2D eigenvalue weighted by Crippen LogP contribution is 2.27. The molecule has 18 heavy (non-hydrogen) atoms. The summed E-state index contributed by atoms with van der Waals surface area (Å²) in [5.74, 6) is 1.10. The number of ketones is 1. The zero-order valence-electron chi connectivity index (χ0n) is 10.4. The summed E-state index contributed by atoms with van der Waals surface area (Å²) in [5, 5.41) is 0.561. The molecule has 1 saturated heterocycles. The summed E-state index contributed by atoms with van der Waals surface area (Å²) in [6.45, 7) is 1.51. The Bertz CT molecular complexity index is 425. The van der Waals surface area contributed by atoms with Gasteiger partial charge in [0.25, 0.3) is 0 Å². The molecular weight excluding hydrogens is 252 g/mol. The highest BCUT2D eigenvalue weighted by atomic mass is 35.5. The molecule has 1 heterocycles. The molecule has 2 rings (SSSR count). The van der Waals surface area contributed by atoms with Crippen LogP contribution in [0.5, 0.6) is 5.75 Å². The second-order valence-electron chi connectivity index (χ2n) is 4.53. The summed E-state index contributed by atoms with van der Waals surface area (Å²) >= 11 is 5.93. The molecule has 1 aromatic carbocycles. The zero-order chi connectivity index (χ0) is 13.0. The fourth-order valence-corrected chi connectivity index (χ4v) is 2.39. The molecule has 0 N–H and O–H groups in total. The van der Waals surface area contributed by atoms with Crippen LogP contribution >= 0.6 is 11.6 Å². The topological polar surface area (TPSA) is 35.5 Å². The summed E-state index contributed by atoms with van der Waals surface area (Å²) in [5.41, 5.74) is 0.580. The third-order valence-electron chi connectivity index (χ3n) is 3.28. The molecule has 0 radical (unpaired) electrons. The molecule has 0 amide bonds. The monoisotopic (exact) mass is 268 g/mol. The van der Waals surface area contributed by atoms with E-state index in [1.807, 2.05) is 0 Å². The number of rotatable bonds is 4. The van der Waals surface area contributed by atoms with Crippen LogP contribution in [0.25, 0.3) is 0 Å². The van der Waals surface area contributed by atoms with Gasteiger partial charge in [0, 0.05) is 24.7 Å². The van der Waals surface area contributed by atoms with Crippen molar-refractivity contribution < 1.29 is 14.3 Å². The Morgan fingerprint density at radius 2 is 2.17 bits per heavy atom. The summed E-state index contributed by atoms with van der Waals surface area (Å²) in [6.07, 6.45) is 2.45. The van der Waals surface area contributed by atoms with Crippen molar-refractivity contribution in [1.82, 2.24) is 0 Å².